The van der Waals surface area contributed by atoms with E-state index in [9.17, 15) is 0 Å². The van der Waals surface area contributed by atoms with E-state index in [-0.39, 0.29) is 545 Å². The van der Waals surface area contributed by atoms with Gasteiger partial charge in [0.1, 0.15) is 0 Å². The molecule has 0 bridgehead atoms. The Kier molecular flexibility index (Phi) is 267. The van der Waals surface area contributed by atoms with E-state index in [0.29, 0.717) is 14.3 Å². The molecule has 0 fully saturated rings. The van der Waals surface area contributed by atoms with Crippen LogP contribution < -0.4 is 456 Å². The summed E-state index contributed by atoms with van der Waals surface area (Å²) in [5.74, 6) is 0. The minimum Gasteiger partial charge on any atom is -1.00 e. The topological polar surface area (TPSA) is 234 Å². The van der Waals surface area contributed by atoms with Crippen LogP contribution in [-0.2, 0) is 89.3 Å². The smallest absolute Gasteiger partial charge is 1.00 e. The van der Waals surface area contributed by atoms with Crippen molar-refractivity contribution in [1.82, 2.24) is 59.8 Å². The molecule has 0 atom stereocenters. The molecule has 0 radical (unpaired) electrons. The first kappa shape index (κ1) is 153. The summed E-state index contributed by atoms with van der Waals surface area (Å²) in [5, 5.41) is 13.0. The molecule has 0 aliphatic heterocycles. The van der Waals surface area contributed by atoms with Gasteiger partial charge in [-0.1, -0.05) is 14.9 Å². The van der Waals surface area contributed by atoms with Gasteiger partial charge in [-0.15, -0.1) is 23.3 Å². The van der Waals surface area contributed by atoms with Gasteiger partial charge in [-0.25, -0.2) is 0 Å². The average Bonchev–Trinajstić information content (AvgIpc) is 2.85. The van der Waals surface area contributed by atoms with Gasteiger partial charge < -0.3 is 131 Å². The van der Waals surface area contributed by atoms with Crippen molar-refractivity contribution in [2.24, 2.45) is 0 Å². The van der Waals surface area contributed by atoms with Crippen LogP contribution in [0.2, 0.25) is 15.9 Å². The van der Waals surface area contributed by atoms with Crippen molar-refractivity contribution in [3.8, 4) is 0 Å². The van der Waals surface area contributed by atoms with Crippen LogP contribution >= 0.6 is 116 Å². The molecule has 4 rings (SSSR count). The van der Waals surface area contributed by atoms with Gasteiger partial charge in [0, 0.05) is 52.6 Å². The maximum Gasteiger partial charge on any atom is 1.00 e. The summed E-state index contributed by atoms with van der Waals surface area (Å²) >= 11 is 64.1. The number of nitrogens with zero attached hydrogens (tertiary/aromatic N) is 9. The fourth-order valence-corrected chi connectivity index (χ4v) is 4.15. The molecule has 48 heteroatoms. The first-order valence-corrected chi connectivity index (χ1v) is 16.0. The van der Waals surface area contributed by atoms with Gasteiger partial charge in [0.15, 0.2) is 14.3 Å². The predicted octanol–water partition coefficient (Wildman–Crippen LogP) is -41.4. The molecule has 0 aliphatic rings. The van der Waals surface area contributed by atoms with Crippen LogP contribution in [-0.4, -0.2) is 75.8 Å². The summed E-state index contributed by atoms with van der Waals surface area (Å²) in [7, 11) is 8.22. The number of H-pyrrole nitrogens is 3. The average molecular weight is 1350 g/mol. The SMILES string of the molecule is C.C.ClCl.Clc1nc(Cl)nc(Cl)n1.OO.S=c1[nH]c(=S)[nH]c(=S)[nH]1.SS.[Cl-].[H-].[H-].[H-].[H-].[H-].[H-].[Na+].[Na+].[Na+].[Na+].[Na+].[Na+].[Na+].[Na+].[Na+].[Na+].[Na+].[Na+].[Na+].[Na+].[Na+].[OH-].[S-]c1nc([S-])nc([S-])n1.[S-]c1nc([S-])nc([S-])n1.[SH-]. The molecule has 4 aromatic rings. The fraction of sp³-hybridized carbons (Fsp3) is 0.143. The van der Waals surface area contributed by atoms with Gasteiger partial charge in [-0.2, -0.15) is 15.0 Å². The van der Waals surface area contributed by atoms with Crippen LogP contribution in [0.1, 0.15) is 23.4 Å². The number of rotatable bonds is 0. The first-order valence-electron chi connectivity index (χ1n) is 8.47. The van der Waals surface area contributed by atoms with Crippen LogP contribution in [0.25, 0.3) is 0 Å². The molecule has 62 heavy (non-hydrogen) atoms. The number of hydrogen-bond acceptors (Lipinski definition) is 24. The van der Waals surface area contributed by atoms with Crippen LogP contribution in [0.4, 0.5) is 0 Å². The number of thiol groups is 3. The molecule has 4 aromatic heterocycles. The third-order valence-electron chi connectivity index (χ3n) is 2.38. The third kappa shape index (κ3) is 104. The summed E-state index contributed by atoms with van der Waals surface area (Å²) in [6, 6.07) is 0. The quantitative estimate of drug-likeness (QED) is 0.0165. The van der Waals surface area contributed by atoms with E-state index in [1.54, 1.807) is 0 Å². The van der Waals surface area contributed by atoms with E-state index in [2.05, 4.69) is 181 Å². The Balaban J connectivity index is -0.00000000947. The van der Waals surface area contributed by atoms with Crippen molar-refractivity contribution in [3.05, 3.63) is 30.2 Å². The zero-order valence-corrected chi connectivity index (χ0v) is 79.7. The van der Waals surface area contributed by atoms with Crippen molar-refractivity contribution >= 4 is 206 Å². The van der Waals surface area contributed by atoms with E-state index < -0.39 is 0 Å². The second-order valence-corrected chi connectivity index (χ2v) is 9.30. The van der Waals surface area contributed by atoms with Crippen LogP contribution in [0.15, 0.2) is 30.9 Å². The number of nitrogens with one attached hydrogen (secondary N) is 3. The summed E-state index contributed by atoms with van der Waals surface area (Å²) in [5.41, 5.74) is 0. The Morgan fingerprint density at radius 1 is 0.403 bits per heavy atom. The Morgan fingerprint density at radius 3 is 0.597 bits per heavy atom. The van der Waals surface area contributed by atoms with Crippen molar-refractivity contribution in [2.75, 3.05) is 0 Å². The van der Waals surface area contributed by atoms with Crippen molar-refractivity contribution in [1.29, 1.82) is 0 Å². The number of hydrogen-bond donors (Lipinski definition) is 7. The second-order valence-electron chi connectivity index (χ2n) is 4.87. The summed E-state index contributed by atoms with van der Waals surface area (Å²) < 4.78 is 1.34. The molecule has 0 spiro atoms. The van der Waals surface area contributed by atoms with Gasteiger partial charge >= 0.3 is 443 Å². The molecule has 6 N–H and O–H groups in total. The number of halogens is 6. The van der Waals surface area contributed by atoms with E-state index in [1.807, 2.05) is 0 Å². The molecule has 0 saturated heterocycles. The largest absolute Gasteiger partial charge is 1.00 e. The molecule has 0 aromatic carbocycles. The number of aromatic nitrogens is 12. The Morgan fingerprint density at radius 2 is 0.500 bits per heavy atom. The summed E-state index contributed by atoms with van der Waals surface area (Å²) in [6.45, 7) is 0. The van der Waals surface area contributed by atoms with Crippen molar-refractivity contribution < 1.29 is 480 Å². The molecule has 286 valence electrons. The number of aromatic amines is 3. The van der Waals surface area contributed by atoms with Gasteiger partial charge in [0.2, 0.25) is 15.9 Å². The molecule has 0 aliphatic carbocycles. The molecule has 0 unspecified atom stereocenters. The standard InChI is InChI=1S/C3Cl3N3.3C3H3N3S3.2CH4.Cl2.ClH.15Na.H2O2.H2O.H2S2.H2S.6H/c4-1-7-2(5)9-3(6)8-1;3*7-1-4-2(8)6-3(9)5-1;;;1-2;;;;;;;;;;;;;;;;;1-2;;1-2;;;;;;;/h;3*(H3,4,5,6,7,8,9);2*1H4;;1H;;;;;;;;;;;;;;;;1-2H;1H2;1-2H;1H2;;;;;;/q;;;;;;;;15*+1;;;;;6*-1/p-9. The van der Waals surface area contributed by atoms with Gasteiger partial charge in [0.05, 0.1) is 0 Å². The minimum absolute atomic E-state index is 0. The van der Waals surface area contributed by atoms with Crippen LogP contribution in [0.5, 0.6) is 0 Å². The van der Waals surface area contributed by atoms with Crippen LogP contribution in [0, 0.1) is 14.3 Å². The minimum atomic E-state index is 0. The molecule has 15 nitrogen and oxygen atoms in total. The molecular formula is C14H23Cl6N12Na15O3S12. The zero-order chi connectivity index (χ0) is 33.4. The van der Waals surface area contributed by atoms with Gasteiger partial charge in [0.25, 0.3) is 0 Å². The fourth-order valence-electron chi connectivity index (χ4n) is 1.35. The van der Waals surface area contributed by atoms with E-state index in [1.165, 1.54) is 0 Å². The zero-order valence-electron chi connectivity index (χ0n) is 41.2. The van der Waals surface area contributed by atoms with E-state index in [4.69, 9.17) is 82.0 Å². The third-order valence-corrected chi connectivity index (χ3v) is 4.60. The van der Waals surface area contributed by atoms with Crippen molar-refractivity contribution in [3.63, 3.8) is 0 Å². The van der Waals surface area contributed by atoms with Gasteiger partial charge in [-0.05, 0) is 71.5 Å². The Hall–Kier alpha value is 15.7. The van der Waals surface area contributed by atoms with E-state index >= 15 is 0 Å². The van der Waals surface area contributed by atoms with E-state index in [0.717, 1.165) is 0 Å². The summed E-state index contributed by atoms with van der Waals surface area (Å²) in [6.07, 6.45) is 0. The molecule has 0 amide bonds. The maximum atomic E-state index is 6.00. The molecule has 4 heterocycles. The first-order chi connectivity index (χ1) is 19.7. The van der Waals surface area contributed by atoms with Crippen molar-refractivity contribution in [2.45, 2.75) is 45.8 Å². The predicted molar refractivity (Wildman–Crippen MR) is 216 cm³/mol. The summed E-state index contributed by atoms with van der Waals surface area (Å²) in [4.78, 5) is 39.8. The maximum absolute atomic E-state index is 6.00. The Labute approximate surface area is 800 Å². The molecular weight excluding hydrogens is 1330 g/mol. The van der Waals surface area contributed by atoms with Gasteiger partial charge in [-0.3, -0.25) is 40.4 Å². The molecule has 0 saturated carbocycles. The van der Waals surface area contributed by atoms with Crippen LogP contribution in [0.3, 0.4) is 0 Å². The normalized spacial score (nSPS) is 5.76. The monoisotopic (exact) mass is 1350 g/mol. The Bertz CT molecular complexity index is 1250. The second kappa shape index (κ2) is 108.